The van der Waals surface area contributed by atoms with Gasteiger partial charge in [-0.3, -0.25) is 4.79 Å². The molecule has 0 aromatic heterocycles. The maximum atomic E-state index is 12.7. The lowest BCUT2D eigenvalue weighted by Crippen LogP contribution is -2.17. The molecule has 0 saturated carbocycles. The van der Waals surface area contributed by atoms with Crippen molar-refractivity contribution in [2.75, 3.05) is 0 Å². The molecule has 2 rings (SSSR count). The highest BCUT2D eigenvalue weighted by Gasteiger charge is 2.31. The summed E-state index contributed by atoms with van der Waals surface area (Å²) in [4.78, 5) is 11.9. The van der Waals surface area contributed by atoms with Crippen molar-refractivity contribution in [2.45, 2.75) is 12.8 Å². The average Bonchev–Trinajstić information content (AvgIpc) is 2.40. The predicted octanol–water partition coefficient (Wildman–Crippen LogP) is 4.15. The Morgan fingerprint density at radius 3 is 2.05 bits per heavy atom. The molecule has 0 heterocycles. The fourth-order valence-corrected chi connectivity index (χ4v) is 1.73. The number of ketones is 1. The largest absolute Gasteiger partial charge is 0.573 e. The summed E-state index contributed by atoms with van der Waals surface area (Å²) in [5.74, 6) is -1.07. The molecule has 0 radical (unpaired) electrons. The maximum Gasteiger partial charge on any atom is 0.573 e. The first-order valence-electron chi connectivity index (χ1n) is 5.97. The Labute approximate surface area is 118 Å². The number of hydrogen-bond donors (Lipinski definition) is 0. The van der Waals surface area contributed by atoms with E-state index >= 15 is 0 Å². The third-order valence-corrected chi connectivity index (χ3v) is 2.69. The molecule has 0 aliphatic rings. The van der Waals surface area contributed by atoms with E-state index in [-0.39, 0.29) is 23.5 Å². The number of rotatable bonds is 4. The Hall–Kier alpha value is -2.37. The van der Waals surface area contributed by atoms with Gasteiger partial charge in [0.25, 0.3) is 0 Å². The second-order valence-electron chi connectivity index (χ2n) is 4.30. The third-order valence-electron chi connectivity index (χ3n) is 2.69. The fourth-order valence-electron chi connectivity index (χ4n) is 1.73. The second kappa shape index (κ2) is 5.95. The third kappa shape index (κ3) is 4.59. The van der Waals surface area contributed by atoms with Crippen LogP contribution in [0.2, 0.25) is 0 Å². The summed E-state index contributed by atoms with van der Waals surface area (Å²) in [6.07, 6.45) is -4.72. The number of Topliss-reactive ketones (excluding diaryl/α,β-unsaturated/α-hetero) is 1. The standard InChI is InChI=1S/C15H10F4O2/c16-12-5-1-10(2-6-12)9-14(20)11-3-7-13(8-4-11)21-15(17,18)19/h1-8H,9H2. The van der Waals surface area contributed by atoms with E-state index in [1.807, 2.05) is 0 Å². The number of ether oxygens (including phenoxy) is 1. The van der Waals surface area contributed by atoms with Crippen molar-refractivity contribution in [2.24, 2.45) is 0 Å². The van der Waals surface area contributed by atoms with E-state index in [9.17, 15) is 22.4 Å². The molecule has 110 valence electrons. The monoisotopic (exact) mass is 298 g/mol. The number of carbonyl (C=O) groups is 1. The zero-order chi connectivity index (χ0) is 15.5. The van der Waals surface area contributed by atoms with E-state index in [1.165, 1.54) is 36.4 Å². The Morgan fingerprint density at radius 1 is 0.952 bits per heavy atom. The SMILES string of the molecule is O=C(Cc1ccc(F)cc1)c1ccc(OC(F)(F)F)cc1. The van der Waals surface area contributed by atoms with Crippen molar-refractivity contribution in [3.8, 4) is 5.75 Å². The molecule has 2 aromatic carbocycles. The predicted molar refractivity (Wildman–Crippen MR) is 67.6 cm³/mol. The molecule has 21 heavy (non-hydrogen) atoms. The molecular weight excluding hydrogens is 288 g/mol. The second-order valence-corrected chi connectivity index (χ2v) is 4.30. The molecule has 0 aliphatic heterocycles. The van der Waals surface area contributed by atoms with Crippen molar-refractivity contribution in [1.29, 1.82) is 0 Å². The highest BCUT2D eigenvalue weighted by atomic mass is 19.4. The van der Waals surface area contributed by atoms with Crippen molar-refractivity contribution in [3.63, 3.8) is 0 Å². The summed E-state index contributed by atoms with van der Waals surface area (Å²) in [5, 5.41) is 0. The quantitative estimate of drug-likeness (QED) is 0.626. The highest BCUT2D eigenvalue weighted by molar-refractivity contribution is 5.97. The lowest BCUT2D eigenvalue weighted by molar-refractivity contribution is -0.274. The smallest absolute Gasteiger partial charge is 0.406 e. The van der Waals surface area contributed by atoms with Crippen LogP contribution in [0.4, 0.5) is 17.6 Å². The van der Waals surface area contributed by atoms with Crippen LogP contribution < -0.4 is 4.74 Å². The molecule has 0 spiro atoms. The van der Waals surface area contributed by atoms with Crippen LogP contribution in [0.15, 0.2) is 48.5 Å². The van der Waals surface area contributed by atoms with Crippen LogP contribution in [-0.2, 0) is 6.42 Å². The number of halogens is 4. The van der Waals surface area contributed by atoms with Gasteiger partial charge in [0.05, 0.1) is 0 Å². The van der Waals surface area contributed by atoms with Gasteiger partial charge in [0.2, 0.25) is 0 Å². The van der Waals surface area contributed by atoms with Gasteiger partial charge in [-0.25, -0.2) is 4.39 Å². The van der Waals surface area contributed by atoms with Gasteiger partial charge in [0.1, 0.15) is 11.6 Å². The van der Waals surface area contributed by atoms with Crippen LogP contribution in [0.5, 0.6) is 5.75 Å². The zero-order valence-corrected chi connectivity index (χ0v) is 10.7. The number of benzene rings is 2. The van der Waals surface area contributed by atoms with Crippen molar-refractivity contribution >= 4 is 5.78 Å². The summed E-state index contributed by atoms with van der Waals surface area (Å²) in [6.45, 7) is 0. The molecule has 0 bridgehead atoms. The Balaban J connectivity index is 2.04. The van der Waals surface area contributed by atoms with Gasteiger partial charge < -0.3 is 4.74 Å². The topological polar surface area (TPSA) is 26.3 Å². The van der Waals surface area contributed by atoms with Crippen LogP contribution in [-0.4, -0.2) is 12.1 Å². The van der Waals surface area contributed by atoms with E-state index in [0.29, 0.717) is 5.56 Å². The first-order chi connectivity index (χ1) is 9.83. The van der Waals surface area contributed by atoms with Crippen LogP contribution in [0.1, 0.15) is 15.9 Å². The molecule has 0 aliphatic carbocycles. The molecule has 0 fully saturated rings. The molecule has 2 nitrogen and oxygen atoms in total. The van der Waals surface area contributed by atoms with Gasteiger partial charge >= 0.3 is 6.36 Å². The lowest BCUT2D eigenvalue weighted by Gasteiger charge is -2.09. The van der Waals surface area contributed by atoms with Gasteiger partial charge in [-0.15, -0.1) is 13.2 Å². The molecule has 0 amide bonds. The molecular formula is C15H10F4O2. The van der Waals surface area contributed by atoms with Crippen LogP contribution in [0, 0.1) is 5.82 Å². The minimum Gasteiger partial charge on any atom is -0.406 e. The lowest BCUT2D eigenvalue weighted by atomic mass is 10.0. The van der Waals surface area contributed by atoms with E-state index in [2.05, 4.69) is 4.74 Å². The summed E-state index contributed by atoms with van der Waals surface area (Å²) in [5.41, 5.74) is 0.880. The van der Waals surface area contributed by atoms with E-state index in [0.717, 1.165) is 12.1 Å². The molecule has 2 aromatic rings. The van der Waals surface area contributed by atoms with E-state index < -0.39 is 12.2 Å². The first-order valence-corrected chi connectivity index (χ1v) is 5.97. The molecule has 0 saturated heterocycles. The molecule has 0 N–H and O–H groups in total. The van der Waals surface area contributed by atoms with Crippen molar-refractivity contribution in [1.82, 2.24) is 0 Å². The average molecular weight is 298 g/mol. The van der Waals surface area contributed by atoms with E-state index in [1.54, 1.807) is 0 Å². The summed E-state index contributed by atoms with van der Waals surface area (Å²) < 4.78 is 52.5. The zero-order valence-electron chi connectivity index (χ0n) is 10.7. The Kier molecular flexibility index (Phi) is 4.26. The Bertz CT molecular complexity index is 616. The van der Waals surface area contributed by atoms with Crippen LogP contribution in [0.3, 0.4) is 0 Å². The minimum atomic E-state index is -4.76. The summed E-state index contributed by atoms with van der Waals surface area (Å²) >= 11 is 0. The van der Waals surface area contributed by atoms with Crippen LogP contribution >= 0.6 is 0 Å². The molecule has 0 unspecified atom stereocenters. The number of alkyl halides is 3. The van der Waals surface area contributed by atoms with Gasteiger partial charge in [0.15, 0.2) is 5.78 Å². The molecule has 6 heteroatoms. The van der Waals surface area contributed by atoms with Gasteiger partial charge in [-0.2, -0.15) is 0 Å². The summed E-state index contributed by atoms with van der Waals surface area (Å²) in [7, 11) is 0. The van der Waals surface area contributed by atoms with Gasteiger partial charge in [-0.05, 0) is 42.0 Å². The van der Waals surface area contributed by atoms with E-state index in [4.69, 9.17) is 0 Å². The van der Waals surface area contributed by atoms with Gasteiger partial charge in [0, 0.05) is 12.0 Å². The normalized spacial score (nSPS) is 11.2. The highest BCUT2D eigenvalue weighted by Crippen LogP contribution is 2.23. The van der Waals surface area contributed by atoms with Crippen LogP contribution in [0.25, 0.3) is 0 Å². The Morgan fingerprint density at radius 2 is 1.52 bits per heavy atom. The van der Waals surface area contributed by atoms with Gasteiger partial charge in [-0.1, -0.05) is 12.1 Å². The fraction of sp³-hybridized carbons (Fsp3) is 0.133. The summed E-state index contributed by atoms with van der Waals surface area (Å²) in [6, 6.07) is 10.1. The van der Waals surface area contributed by atoms with Crippen molar-refractivity contribution in [3.05, 3.63) is 65.5 Å². The van der Waals surface area contributed by atoms with Crippen molar-refractivity contribution < 1.29 is 27.1 Å². The first kappa shape index (κ1) is 15.0. The molecule has 0 atom stereocenters. The maximum absolute atomic E-state index is 12.7. The number of hydrogen-bond acceptors (Lipinski definition) is 2. The minimum absolute atomic E-state index is 0.0414. The number of carbonyl (C=O) groups excluding carboxylic acids is 1.